The van der Waals surface area contributed by atoms with E-state index >= 15 is 0 Å². The standard InChI is InChI=1S/C36H46F3NO3/c1-3-4-5-6-8-11-14-29-15-17-30(18-16-29)33-23-24-34(40-27-33)31-19-21-32(22-20-31)35(41)43-26-13-10-7-9-12-25-42-28(2)36(37,38)39/h15-24,27-28H,3-14,25-26H2,1-2H3. The Kier molecular flexibility index (Phi) is 14.7. The van der Waals surface area contributed by atoms with Gasteiger partial charge in [0.25, 0.3) is 0 Å². The zero-order valence-electron chi connectivity index (χ0n) is 25.6. The van der Waals surface area contributed by atoms with Crippen molar-refractivity contribution in [2.75, 3.05) is 13.2 Å². The van der Waals surface area contributed by atoms with Gasteiger partial charge in [-0.05, 0) is 61.9 Å². The number of ether oxygens (including phenoxy) is 2. The molecule has 0 aliphatic heterocycles. The number of halogens is 3. The highest BCUT2D eigenvalue weighted by atomic mass is 19.4. The van der Waals surface area contributed by atoms with E-state index in [9.17, 15) is 18.0 Å². The van der Waals surface area contributed by atoms with Gasteiger partial charge in [-0.1, -0.05) is 101 Å². The van der Waals surface area contributed by atoms with Crippen LogP contribution in [0.3, 0.4) is 0 Å². The molecule has 0 aliphatic rings. The predicted molar refractivity (Wildman–Crippen MR) is 167 cm³/mol. The van der Waals surface area contributed by atoms with Gasteiger partial charge in [-0.25, -0.2) is 4.79 Å². The Hall–Kier alpha value is -3.19. The predicted octanol–water partition coefficient (Wildman–Crippen LogP) is 10.4. The highest BCUT2D eigenvalue weighted by Gasteiger charge is 2.36. The molecule has 0 saturated carbocycles. The number of hydrogen-bond acceptors (Lipinski definition) is 4. The molecule has 0 amide bonds. The number of carbonyl (C=O) groups excluding carboxylic acids is 1. The number of pyridine rings is 1. The lowest BCUT2D eigenvalue weighted by Crippen LogP contribution is -2.28. The lowest BCUT2D eigenvalue weighted by molar-refractivity contribution is -0.214. The number of hydrogen-bond donors (Lipinski definition) is 0. The van der Waals surface area contributed by atoms with Gasteiger partial charge in [-0.15, -0.1) is 0 Å². The topological polar surface area (TPSA) is 48.4 Å². The minimum absolute atomic E-state index is 0.0957. The molecule has 234 valence electrons. The largest absolute Gasteiger partial charge is 0.462 e. The zero-order valence-corrected chi connectivity index (χ0v) is 25.6. The number of alkyl halides is 3. The van der Waals surface area contributed by atoms with Gasteiger partial charge in [0.2, 0.25) is 0 Å². The first-order chi connectivity index (χ1) is 20.8. The number of aromatic nitrogens is 1. The Morgan fingerprint density at radius 2 is 1.30 bits per heavy atom. The summed E-state index contributed by atoms with van der Waals surface area (Å²) in [6, 6.07) is 20.1. The highest BCUT2D eigenvalue weighted by Crippen LogP contribution is 2.25. The van der Waals surface area contributed by atoms with Crippen LogP contribution in [0.4, 0.5) is 13.2 Å². The average Bonchev–Trinajstić information content (AvgIpc) is 3.01. The first kappa shape index (κ1) is 34.3. The second-order valence-electron chi connectivity index (χ2n) is 11.2. The molecule has 3 rings (SSSR count). The third-order valence-corrected chi connectivity index (χ3v) is 7.64. The van der Waals surface area contributed by atoms with Crippen LogP contribution < -0.4 is 0 Å². The molecule has 7 heteroatoms. The molecule has 0 spiro atoms. The minimum atomic E-state index is -4.31. The van der Waals surface area contributed by atoms with E-state index in [0.29, 0.717) is 25.0 Å². The van der Waals surface area contributed by atoms with E-state index in [-0.39, 0.29) is 12.6 Å². The first-order valence-corrected chi connectivity index (χ1v) is 15.8. The van der Waals surface area contributed by atoms with Crippen molar-refractivity contribution in [1.29, 1.82) is 0 Å². The summed E-state index contributed by atoms with van der Waals surface area (Å²) in [5.74, 6) is -0.371. The van der Waals surface area contributed by atoms with Gasteiger partial charge in [-0.2, -0.15) is 13.2 Å². The molecule has 0 fully saturated rings. The van der Waals surface area contributed by atoms with E-state index in [4.69, 9.17) is 9.47 Å². The molecule has 3 aromatic rings. The van der Waals surface area contributed by atoms with Gasteiger partial charge >= 0.3 is 12.1 Å². The SMILES string of the molecule is CCCCCCCCc1ccc(-c2ccc(-c3ccc(C(=O)OCCCCCCCOC(C)C(F)(F)F)cc3)nc2)cc1. The summed E-state index contributed by atoms with van der Waals surface area (Å²) in [6.07, 6.45) is 8.57. The molecule has 0 saturated heterocycles. The van der Waals surface area contributed by atoms with Crippen LogP contribution >= 0.6 is 0 Å². The van der Waals surface area contributed by atoms with Crippen LogP contribution in [-0.2, 0) is 15.9 Å². The van der Waals surface area contributed by atoms with E-state index < -0.39 is 12.3 Å². The third-order valence-electron chi connectivity index (χ3n) is 7.64. The van der Waals surface area contributed by atoms with Gasteiger partial charge in [0.05, 0.1) is 17.9 Å². The Bertz CT molecular complexity index is 1190. The molecule has 1 atom stereocenters. The van der Waals surface area contributed by atoms with E-state index in [2.05, 4.69) is 42.2 Å². The number of aryl methyl sites for hydroxylation is 1. The number of unbranched alkanes of at least 4 members (excludes halogenated alkanes) is 9. The maximum Gasteiger partial charge on any atom is 0.414 e. The summed E-state index contributed by atoms with van der Waals surface area (Å²) < 4.78 is 47.4. The van der Waals surface area contributed by atoms with Crippen molar-refractivity contribution < 1.29 is 27.4 Å². The summed E-state index contributed by atoms with van der Waals surface area (Å²) in [6.45, 7) is 3.67. The van der Waals surface area contributed by atoms with Crippen LogP contribution in [0, 0.1) is 0 Å². The molecule has 0 N–H and O–H groups in total. The monoisotopic (exact) mass is 597 g/mol. The maximum absolute atomic E-state index is 12.4. The zero-order chi connectivity index (χ0) is 30.9. The summed E-state index contributed by atoms with van der Waals surface area (Å²) >= 11 is 0. The number of esters is 1. The molecule has 43 heavy (non-hydrogen) atoms. The average molecular weight is 598 g/mol. The fourth-order valence-electron chi connectivity index (χ4n) is 4.82. The minimum Gasteiger partial charge on any atom is -0.462 e. The van der Waals surface area contributed by atoms with Gasteiger partial charge < -0.3 is 9.47 Å². The van der Waals surface area contributed by atoms with E-state index in [1.165, 1.54) is 44.1 Å². The second kappa shape index (κ2) is 18.5. The van der Waals surface area contributed by atoms with Crippen LogP contribution in [0.5, 0.6) is 0 Å². The Labute approximate surface area is 255 Å². The maximum atomic E-state index is 12.4. The lowest BCUT2D eigenvalue weighted by Gasteiger charge is -2.16. The molecular weight excluding hydrogens is 551 g/mol. The van der Waals surface area contributed by atoms with Crippen molar-refractivity contribution in [2.45, 2.75) is 103 Å². The van der Waals surface area contributed by atoms with E-state index in [1.54, 1.807) is 12.1 Å². The highest BCUT2D eigenvalue weighted by molar-refractivity contribution is 5.90. The number of nitrogens with zero attached hydrogens (tertiary/aromatic N) is 1. The Morgan fingerprint density at radius 1 is 0.721 bits per heavy atom. The van der Waals surface area contributed by atoms with Gasteiger partial charge in [0, 0.05) is 23.9 Å². The molecule has 0 aliphatic carbocycles. The summed E-state index contributed by atoms with van der Waals surface area (Å²) in [5, 5.41) is 0. The Balaban J connectivity index is 1.35. The molecular formula is C36H46F3NO3. The van der Waals surface area contributed by atoms with Crippen LogP contribution in [0.2, 0.25) is 0 Å². The quantitative estimate of drug-likeness (QED) is 0.102. The van der Waals surface area contributed by atoms with Crippen molar-refractivity contribution in [1.82, 2.24) is 4.98 Å². The number of rotatable bonds is 19. The lowest BCUT2D eigenvalue weighted by atomic mass is 10.0. The first-order valence-electron chi connectivity index (χ1n) is 15.8. The van der Waals surface area contributed by atoms with E-state index in [1.807, 2.05) is 24.4 Å². The number of benzene rings is 2. The molecule has 1 aromatic heterocycles. The number of carbonyl (C=O) groups is 1. The van der Waals surface area contributed by atoms with Gasteiger partial charge in [-0.3, -0.25) is 4.98 Å². The summed E-state index contributed by atoms with van der Waals surface area (Å²) in [7, 11) is 0. The van der Waals surface area contributed by atoms with Gasteiger partial charge in [0.1, 0.15) is 0 Å². The normalized spacial score (nSPS) is 12.3. The smallest absolute Gasteiger partial charge is 0.414 e. The van der Waals surface area contributed by atoms with Crippen LogP contribution in [0.25, 0.3) is 22.4 Å². The van der Waals surface area contributed by atoms with Crippen LogP contribution in [0.1, 0.15) is 100 Å². The summed E-state index contributed by atoms with van der Waals surface area (Å²) in [5.41, 5.74) is 5.84. The van der Waals surface area contributed by atoms with Crippen molar-refractivity contribution >= 4 is 5.97 Å². The third kappa shape index (κ3) is 12.5. The molecule has 1 heterocycles. The van der Waals surface area contributed by atoms with E-state index in [0.717, 1.165) is 55.0 Å². The molecule has 0 radical (unpaired) electrons. The molecule has 1 unspecified atom stereocenters. The fraction of sp³-hybridized carbons (Fsp3) is 0.500. The van der Waals surface area contributed by atoms with Crippen molar-refractivity contribution in [3.63, 3.8) is 0 Å². The van der Waals surface area contributed by atoms with Crippen LogP contribution in [-0.4, -0.2) is 36.4 Å². The molecule has 2 aromatic carbocycles. The molecule has 0 bridgehead atoms. The van der Waals surface area contributed by atoms with Crippen LogP contribution in [0.15, 0.2) is 66.9 Å². The fourth-order valence-corrected chi connectivity index (χ4v) is 4.82. The second-order valence-corrected chi connectivity index (χ2v) is 11.2. The van der Waals surface area contributed by atoms with Crippen molar-refractivity contribution in [2.24, 2.45) is 0 Å². The Morgan fingerprint density at radius 3 is 1.93 bits per heavy atom. The van der Waals surface area contributed by atoms with Crippen molar-refractivity contribution in [3.8, 4) is 22.4 Å². The summed E-state index contributed by atoms with van der Waals surface area (Å²) in [4.78, 5) is 17.1. The van der Waals surface area contributed by atoms with Gasteiger partial charge in [0.15, 0.2) is 6.10 Å². The molecule has 4 nitrogen and oxygen atoms in total. The van der Waals surface area contributed by atoms with Crippen molar-refractivity contribution in [3.05, 3.63) is 78.0 Å².